The molecule has 24 heavy (non-hydrogen) atoms. The molecule has 0 bridgehead atoms. The Kier molecular flexibility index (Phi) is 6.74. The molecule has 134 valence electrons. The van der Waals surface area contributed by atoms with Gasteiger partial charge in [-0.25, -0.2) is 17.1 Å². The predicted molar refractivity (Wildman–Crippen MR) is 91.5 cm³/mol. The highest BCUT2D eigenvalue weighted by atomic mass is 32.2. The minimum absolute atomic E-state index is 0.103. The number of benzene rings is 1. The van der Waals surface area contributed by atoms with Crippen molar-refractivity contribution >= 4 is 15.9 Å². The minimum Gasteiger partial charge on any atom is -0.355 e. The van der Waals surface area contributed by atoms with Gasteiger partial charge in [-0.15, -0.1) is 0 Å². The summed E-state index contributed by atoms with van der Waals surface area (Å²) in [5.41, 5.74) is 0.951. The second-order valence-electron chi connectivity index (χ2n) is 6.18. The van der Waals surface area contributed by atoms with Crippen LogP contribution in [0.2, 0.25) is 0 Å². The molecule has 1 saturated heterocycles. The van der Waals surface area contributed by atoms with Gasteiger partial charge in [0.2, 0.25) is 15.9 Å². The van der Waals surface area contributed by atoms with Crippen LogP contribution in [-0.4, -0.2) is 44.0 Å². The molecule has 1 aliphatic rings. The van der Waals surface area contributed by atoms with Crippen LogP contribution in [0.4, 0.5) is 4.39 Å². The Morgan fingerprint density at radius 2 is 2.04 bits per heavy atom. The van der Waals surface area contributed by atoms with Gasteiger partial charge in [-0.3, -0.25) is 4.79 Å². The van der Waals surface area contributed by atoms with Gasteiger partial charge in [0.1, 0.15) is 5.82 Å². The molecule has 2 rings (SSSR count). The average Bonchev–Trinajstić information content (AvgIpc) is 2.56. The lowest BCUT2D eigenvalue weighted by molar-refractivity contribution is -0.126. The van der Waals surface area contributed by atoms with Crippen molar-refractivity contribution < 1.29 is 17.6 Å². The van der Waals surface area contributed by atoms with Crippen molar-refractivity contribution in [2.24, 2.45) is 5.92 Å². The second-order valence-corrected chi connectivity index (χ2v) is 8.27. The summed E-state index contributed by atoms with van der Waals surface area (Å²) < 4.78 is 38.6. The first-order chi connectivity index (χ1) is 11.4. The number of carbonyl (C=O) groups is 1. The van der Waals surface area contributed by atoms with Crippen LogP contribution in [0.1, 0.15) is 31.7 Å². The van der Waals surface area contributed by atoms with Gasteiger partial charge < -0.3 is 5.32 Å². The zero-order chi connectivity index (χ0) is 17.6. The Bertz CT molecular complexity index is 646. The smallest absolute Gasteiger partial charge is 0.224 e. The largest absolute Gasteiger partial charge is 0.355 e. The molecule has 1 fully saturated rings. The third-order valence-corrected chi connectivity index (χ3v) is 6.28. The molecule has 0 spiro atoms. The molecule has 1 aliphatic heterocycles. The first-order valence-electron chi connectivity index (χ1n) is 8.42. The number of nitrogens with zero attached hydrogens (tertiary/aromatic N) is 1. The molecule has 1 aromatic rings. The van der Waals surface area contributed by atoms with Crippen LogP contribution in [0.25, 0.3) is 0 Å². The van der Waals surface area contributed by atoms with E-state index in [0.29, 0.717) is 38.8 Å². The molecule has 0 radical (unpaired) electrons. The summed E-state index contributed by atoms with van der Waals surface area (Å²) in [6.45, 7) is 3.07. The number of hydrogen-bond acceptors (Lipinski definition) is 3. The van der Waals surface area contributed by atoms with Gasteiger partial charge in [0.25, 0.3) is 0 Å². The Hall–Kier alpha value is -1.47. The third-order valence-electron chi connectivity index (χ3n) is 4.24. The van der Waals surface area contributed by atoms with Crippen LogP contribution < -0.4 is 5.32 Å². The van der Waals surface area contributed by atoms with Crippen molar-refractivity contribution in [2.45, 2.75) is 32.6 Å². The van der Waals surface area contributed by atoms with E-state index >= 15 is 0 Å². The van der Waals surface area contributed by atoms with Gasteiger partial charge in [0, 0.05) is 19.6 Å². The maximum absolute atomic E-state index is 12.8. The Morgan fingerprint density at radius 1 is 1.33 bits per heavy atom. The lowest BCUT2D eigenvalue weighted by Crippen LogP contribution is -2.46. The van der Waals surface area contributed by atoms with E-state index in [4.69, 9.17) is 0 Å². The fourth-order valence-corrected chi connectivity index (χ4v) is 4.51. The van der Waals surface area contributed by atoms with Crippen molar-refractivity contribution in [1.82, 2.24) is 9.62 Å². The van der Waals surface area contributed by atoms with E-state index in [1.165, 1.54) is 16.4 Å². The number of amides is 1. The molecule has 0 unspecified atom stereocenters. The normalized spacial score (nSPS) is 19.2. The Balaban J connectivity index is 1.82. The van der Waals surface area contributed by atoms with E-state index in [9.17, 15) is 17.6 Å². The van der Waals surface area contributed by atoms with Crippen molar-refractivity contribution in [2.75, 3.05) is 25.4 Å². The summed E-state index contributed by atoms with van der Waals surface area (Å²) in [6, 6.07) is 6.19. The second kappa shape index (κ2) is 8.58. The summed E-state index contributed by atoms with van der Waals surface area (Å²) >= 11 is 0. The summed E-state index contributed by atoms with van der Waals surface area (Å²) in [5, 5.41) is 2.87. The molecule has 0 aromatic heterocycles. The summed E-state index contributed by atoms with van der Waals surface area (Å²) in [5.74, 6) is -0.545. The van der Waals surface area contributed by atoms with Crippen molar-refractivity contribution in [3.63, 3.8) is 0 Å². The molecule has 1 atom stereocenters. The first kappa shape index (κ1) is 18.9. The standard InChI is InChI=1S/C17H25FN2O3S/c1-2-12-24(22,23)20-11-3-4-15(13-20)17(21)19-10-9-14-5-7-16(18)8-6-14/h5-8,15H,2-4,9-13H2,1H3,(H,19,21)/t15-/m1/s1. The lowest BCUT2D eigenvalue weighted by atomic mass is 9.99. The number of carbonyl (C=O) groups excluding carboxylic acids is 1. The SMILES string of the molecule is CCCS(=O)(=O)N1CCC[C@@H](C(=O)NCCc2ccc(F)cc2)C1. The number of piperidine rings is 1. The topological polar surface area (TPSA) is 66.5 Å². The van der Waals surface area contributed by atoms with Crippen molar-refractivity contribution in [3.05, 3.63) is 35.6 Å². The fraction of sp³-hybridized carbons (Fsp3) is 0.588. The lowest BCUT2D eigenvalue weighted by Gasteiger charge is -2.31. The van der Waals surface area contributed by atoms with Crippen molar-refractivity contribution in [3.8, 4) is 0 Å². The molecule has 1 amide bonds. The summed E-state index contributed by atoms with van der Waals surface area (Å²) in [4.78, 5) is 12.3. The number of hydrogen-bond donors (Lipinski definition) is 1. The highest BCUT2D eigenvalue weighted by Crippen LogP contribution is 2.20. The van der Waals surface area contributed by atoms with E-state index < -0.39 is 10.0 Å². The first-order valence-corrected chi connectivity index (χ1v) is 10.0. The molecule has 5 nitrogen and oxygen atoms in total. The zero-order valence-corrected chi connectivity index (χ0v) is 14.8. The van der Waals surface area contributed by atoms with Crippen LogP contribution in [0, 0.1) is 11.7 Å². The molecule has 1 N–H and O–H groups in total. The van der Waals surface area contributed by atoms with E-state index in [1.54, 1.807) is 12.1 Å². The number of sulfonamides is 1. The maximum atomic E-state index is 12.8. The van der Waals surface area contributed by atoms with Gasteiger partial charge in [-0.2, -0.15) is 0 Å². The summed E-state index contributed by atoms with van der Waals surface area (Å²) in [6.07, 6.45) is 2.61. The fourth-order valence-electron chi connectivity index (χ4n) is 2.92. The van der Waals surface area contributed by atoms with Crippen LogP contribution in [-0.2, 0) is 21.2 Å². The Labute approximate surface area is 143 Å². The molecular weight excluding hydrogens is 331 g/mol. The monoisotopic (exact) mass is 356 g/mol. The number of nitrogens with one attached hydrogen (secondary N) is 1. The molecule has 0 aliphatic carbocycles. The summed E-state index contributed by atoms with van der Waals surface area (Å²) in [7, 11) is -3.25. The highest BCUT2D eigenvalue weighted by Gasteiger charge is 2.31. The van der Waals surface area contributed by atoms with Crippen LogP contribution >= 0.6 is 0 Å². The third kappa shape index (κ3) is 5.27. The molecule has 1 aromatic carbocycles. The van der Waals surface area contributed by atoms with Gasteiger partial charge in [-0.1, -0.05) is 19.1 Å². The van der Waals surface area contributed by atoms with E-state index in [2.05, 4.69) is 5.32 Å². The van der Waals surface area contributed by atoms with Gasteiger partial charge >= 0.3 is 0 Å². The van der Waals surface area contributed by atoms with E-state index in [0.717, 1.165) is 5.56 Å². The zero-order valence-electron chi connectivity index (χ0n) is 14.0. The number of rotatable bonds is 7. The molecular formula is C17H25FN2O3S. The van der Waals surface area contributed by atoms with E-state index in [-0.39, 0.29) is 29.9 Å². The van der Waals surface area contributed by atoms with Crippen LogP contribution in [0.5, 0.6) is 0 Å². The Morgan fingerprint density at radius 3 is 2.71 bits per heavy atom. The van der Waals surface area contributed by atoms with Gasteiger partial charge in [0.15, 0.2) is 0 Å². The quantitative estimate of drug-likeness (QED) is 0.812. The van der Waals surface area contributed by atoms with Crippen LogP contribution in [0.3, 0.4) is 0 Å². The molecule has 1 heterocycles. The molecule has 0 saturated carbocycles. The average molecular weight is 356 g/mol. The van der Waals surface area contributed by atoms with Gasteiger partial charge in [0.05, 0.1) is 11.7 Å². The minimum atomic E-state index is -3.25. The van der Waals surface area contributed by atoms with Crippen LogP contribution in [0.15, 0.2) is 24.3 Å². The van der Waals surface area contributed by atoms with Crippen molar-refractivity contribution in [1.29, 1.82) is 0 Å². The predicted octanol–water partition coefficient (Wildman–Crippen LogP) is 1.94. The maximum Gasteiger partial charge on any atom is 0.224 e. The highest BCUT2D eigenvalue weighted by molar-refractivity contribution is 7.89. The molecule has 7 heteroatoms. The van der Waals surface area contributed by atoms with Gasteiger partial charge in [-0.05, 0) is 43.4 Å². The van der Waals surface area contributed by atoms with E-state index in [1.807, 2.05) is 6.92 Å². The number of halogens is 1.